The highest BCUT2D eigenvalue weighted by Gasteiger charge is 2.47. The highest BCUT2D eigenvalue weighted by atomic mass is 35.5. The molecule has 5 rings (SSSR count). The van der Waals surface area contributed by atoms with E-state index in [1.54, 1.807) is 11.1 Å². The average molecular weight is 481 g/mol. The van der Waals surface area contributed by atoms with Crippen molar-refractivity contribution in [3.8, 4) is 0 Å². The van der Waals surface area contributed by atoms with Gasteiger partial charge in [0.1, 0.15) is 5.02 Å². The zero-order valence-electron chi connectivity index (χ0n) is 19.5. The van der Waals surface area contributed by atoms with Crippen LogP contribution in [0.1, 0.15) is 38.7 Å². The SMILES string of the molecule is CN1C(=O)CCC(C)(C)c2cc(Nc3ncc(Cl)c(N[C@@H]4[C@H](C(N)=O)[C@H]5C=C[C@@H]4C5)n3)ccc21. The van der Waals surface area contributed by atoms with E-state index in [9.17, 15) is 9.59 Å². The van der Waals surface area contributed by atoms with Gasteiger partial charge < -0.3 is 21.3 Å². The van der Waals surface area contributed by atoms with Crippen molar-refractivity contribution in [1.29, 1.82) is 0 Å². The molecule has 1 aromatic carbocycles. The number of carbonyl (C=O) groups is 2. The summed E-state index contributed by atoms with van der Waals surface area (Å²) in [5.74, 6) is 0.753. The quantitative estimate of drug-likeness (QED) is 0.557. The van der Waals surface area contributed by atoms with Gasteiger partial charge in [-0.15, -0.1) is 0 Å². The van der Waals surface area contributed by atoms with Crippen molar-refractivity contribution in [3.05, 3.63) is 47.1 Å². The molecular weight excluding hydrogens is 452 g/mol. The van der Waals surface area contributed by atoms with Gasteiger partial charge in [-0.25, -0.2) is 4.98 Å². The molecule has 0 saturated heterocycles. The molecule has 8 nitrogen and oxygen atoms in total. The van der Waals surface area contributed by atoms with Gasteiger partial charge in [-0.05, 0) is 53.9 Å². The molecule has 2 heterocycles. The maximum absolute atomic E-state index is 12.4. The molecular formula is C25H29ClN6O2. The van der Waals surface area contributed by atoms with Crippen LogP contribution >= 0.6 is 11.6 Å². The van der Waals surface area contributed by atoms with Crippen molar-refractivity contribution in [2.24, 2.45) is 23.5 Å². The molecule has 4 atom stereocenters. The van der Waals surface area contributed by atoms with Crippen LogP contribution < -0.4 is 21.3 Å². The molecule has 1 saturated carbocycles. The lowest BCUT2D eigenvalue weighted by Gasteiger charge is -2.27. The van der Waals surface area contributed by atoms with Gasteiger partial charge >= 0.3 is 0 Å². The predicted molar refractivity (Wildman–Crippen MR) is 133 cm³/mol. The number of allylic oxidation sites excluding steroid dienone is 1. The first-order valence-corrected chi connectivity index (χ1v) is 12.0. The minimum absolute atomic E-state index is 0.119. The van der Waals surface area contributed by atoms with E-state index in [4.69, 9.17) is 17.3 Å². The molecule has 2 bridgehead atoms. The molecule has 1 aliphatic heterocycles. The van der Waals surface area contributed by atoms with Crippen molar-refractivity contribution in [2.75, 3.05) is 22.6 Å². The number of benzene rings is 1. The zero-order chi connectivity index (χ0) is 24.2. The summed E-state index contributed by atoms with van der Waals surface area (Å²) < 4.78 is 0. The number of anilines is 4. The zero-order valence-corrected chi connectivity index (χ0v) is 20.3. The Morgan fingerprint density at radius 1 is 1.26 bits per heavy atom. The Bertz CT molecular complexity index is 1200. The van der Waals surface area contributed by atoms with E-state index in [2.05, 4.69) is 52.7 Å². The highest BCUT2D eigenvalue weighted by molar-refractivity contribution is 6.32. The van der Waals surface area contributed by atoms with Gasteiger partial charge in [0.25, 0.3) is 0 Å². The van der Waals surface area contributed by atoms with Gasteiger partial charge in [0, 0.05) is 30.9 Å². The Morgan fingerprint density at radius 2 is 2.03 bits per heavy atom. The molecule has 2 aromatic rings. The average Bonchev–Trinajstić information content (AvgIpc) is 3.39. The summed E-state index contributed by atoms with van der Waals surface area (Å²) in [6, 6.07) is 5.78. The third kappa shape index (κ3) is 3.90. The number of carbonyl (C=O) groups excluding carboxylic acids is 2. The molecule has 3 aliphatic rings. The van der Waals surface area contributed by atoms with Crippen LogP contribution in [0.3, 0.4) is 0 Å². The van der Waals surface area contributed by atoms with Gasteiger partial charge in [0.05, 0.1) is 12.1 Å². The smallest absolute Gasteiger partial charge is 0.229 e. The number of hydrogen-bond donors (Lipinski definition) is 3. The number of halogens is 1. The van der Waals surface area contributed by atoms with Gasteiger partial charge in [-0.1, -0.05) is 37.6 Å². The number of nitrogens with zero attached hydrogens (tertiary/aromatic N) is 3. The van der Waals surface area contributed by atoms with Gasteiger partial charge in [0.2, 0.25) is 17.8 Å². The number of primary amides is 1. The maximum Gasteiger partial charge on any atom is 0.229 e. The lowest BCUT2D eigenvalue weighted by molar-refractivity contribution is -0.122. The lowest BCUT2D eigenvalue weighted by atomic mass is 9.80. The van der Waals surface area contributed by atoms with Crippen LogP contribution in [-0.2, 0) is 15.0 Å². The van der Waals surface area contributed by atoms with E-state index < -0.39 is 0 Å². The molecule has 1 fully saturated rings. The van der Waals surface area contributed by atoms with Crippen LogP contribution in [0.15, 0.2) is 36.5 Å². The fourth-order valence-electron chi connectivity index (χ4n) is 5.53. The predicted octanol–water partition coefficient (Wildman–Crippen LogP) is 4.00. The second-order valence-corrected chi connectivity index (χ2v) is 10.5. The summed E-state index contributed by atoms with van der Waals surface area (Å²) in [7, 11) is 1.82. The maximum atomic E-state index is 12.4. The largest absolute Gasteiger partial charge is 0.369 e. The molecule has 2 aliphatic carbocycles. The topological polar surface area (TPSA) is 113 Å². The molecule has 34 heavy (non-hydrogen) atoms. The second-order valence-electron chi connectivity index (χ2n) is 10.1. The monoisotopic (exact) mass is 480 g/mol. The lowest BCUT2D eigenvalue weighted by Crippen LogP contribution is -2.41. The molecule has 9 heteroatoms. The third-order valence-electron chi connectivity index (χ3n) is 7.52. The van der Waals surface area contributed by atoms with Crippen molar-refractivity contribution in [1.82, 2.24) is 9.97 Å². The number of hydrogen-bond acceptors (Lipinski definition) is 6. The summed E-state index contributed by atoms with van der Waals surface area (Å²) in [5.41, 5.74) is 8.37. The molecule has 2 amide bonds. The Balaban J connectivity index is 1.41. The highest BCUT2D eigenvalue weighted by Crippen LogP contribution is 2.45. The van der Waals surface area contributed by atoms with Crippen LogP contribution in [0.25, 0.3) is 0 Å². The normalized spacial score (nSPS) is 26.8. The fraction of sp³-hybridized carbons (Fsp3) is 0.440. The third-order valence-corrected chi connectivity index (χ3v) is 7.79. The van der Waals surface area contributed by atoms with Gasteiger partial charge in [-0.3, -0.25) is 9.59 Å². The Morgan fingerprint density at radius 3 is 2.79 bits per heavy atom. The number of aromatic nitrogens is 2. The first-order valence-electron chi connectivity index (χ1n) is 11.6. The molecule has 0 radical (unpaired) electrons. The molecule has 1 aromatic heterocycles. The summed E-state index contributed by atoms with van der Waals surface area (Å²) in [5, 5.41) is 7.01. The number of rotatable bonds is 5. The van der Waals surface area contributed by atoms with E-state index >= 15 is 0 Å². The first-order chi connectivity index (χ1) is 16.1. The first kappa shape index (κ1) is 22.7. The number of nitrogens with one attached hydrogen (secondary N) is 2. The molecule has 178 valence electrons. The second kappa shape index (κ2) is 8.27. The minimum atomic E-state index is -0.311. The number of amides is 2. The van der Waals surface area contributed by atoms with Gasteiger partial charge in [-0.2, -0.15) is 4.98 Å². The van der Waals surface area contributed by atoms with Crippen molar-refractivity contribution in [2.45, 2.75) is 44.6 Å². The van der Waals surface area contributed by atoms with Crippen LogP contribution in [0, 0.1) is 17.8 Å². The minimum Gasteiger partial charge on any atom is -0.369 e. The molecule has 0 unspecified atom stereocenters. The van der Waals surface area contributed by atoms with Crippen molar-refractivity contribution >= 4 is 46.6 Å². The summed E-state index contributed by atoms with van der Waals surface area (Å²) in [6.45, 7) is 4.31. The van der Waals surface area contributed by atoms with Crippen molar-refractivity contribution in [3.63, 3.8) is 0 Å². The summed E-state index contributed by atoms with van der Waals surface area (Å²) in [4.78, 5) is 35.1. The van der Waals surface area contributed by atoms with E-state index in [-0.39, 0.29) is 41.0 Å². The van der Waals surface area contributed by atoms with Crippen LogP contribution in [-0.4, -0.2) is 34.9 Å². The fourth-order valence-corrected chi connectivity index (χ4v) is 5.67. The van der Waals surface area contributed by atoms with Gasteiger partial charge in [0.15, 0.2) is 5.82 Å². The van der Waals surface area contributed by atoms with E-state index in [1.165, 1.54) is 0 Å². The summed E-state index contributed by atoms with van der Waals surface area (Å²) >= 11 is 6.40. The Hall–Kier alpha value is -3.13. The van der Waals surface area contributed by atoms with E-state index in [1.807, 2.05) is 19.2 Å². The summed E-state index contributed by atoms with van der Waals surface area (Å²) in [6.07, 6.45) is 7.95. The molecule has 0 spiro atoms. The number of fused-ring (bicyclic) bond motifs is 3. The van der Waals surface area contributed by atoms with Crippen LogP contribution in [0.5, 0.6) is 0 Å². The Kier molecular flexibility index (Phi) is 5.51. The van der Waals surface area contributed by atoms with E-state index in [0.29, 0.717) is 23.2 Å². The van der Waals surface area contributed by atoms with Crippen LogP contribution in [0.2, 0.25) is 5.02 Å². The Labute approximate surface area is 204 Å². The van der Waals surface area contributed by atoms with E-state index in [0.717, 1.165) is 29.8 Å². The number of nitrogens with two attached hydrogens (primary N) is 1. The standard InChI is InChI=1S/C25H29ClN6O2/c1-25(2)9-8-19(33)32(3)18-7-6-15(11-16(18)25)29-24-28-12-17(26)23(31-24)30-21-14-5-4-13(10-14)20(21)22(27)34/h4-7,11-14,20-21H,8-10H2,1-3H3,(H2,27,34)(H2,28,29,30,31)/t13-,14+,20+,21-/m0/s1. The van der Waals surface area contributed by atoms with Crippen molar-refractivity contribution < 1.29 is 9.59 Å². The molecule has 4 N–H and O–H groups in total. The van der Waals surface area contributed by atoms with Crippen LogP contribution in [0.4, 0.5) is 23.1 Å².